The van der Waals surface area contributed by atoms with E-state index in [9.17, 15) is 18.8 Å². The predicted molar refractivity (Wildman–Crippen MR) is 131 cm³/mol. The van der Waals surface area contributed by atoms with Gasteiger partial charge in [-0.25, -0.2) is 4.39 Å². The Kier molecular flexibility index (Phi) is 7.47. The van der Waals surface area contributed by atoms with Gasteiger partial charge in [0.1, 0.15) is 19.0 Å². The van der Waals surface area contributed by atoms with E-state index in [-0.39, 0.29) is 4.91 Å². The molecule has 0 saturated carbocycles. The van der Waals surface area contributed by atoms with Crippen LogP contribution in [0.5, 0.6) is 11.5 Å². The number of rotatable bonds is 8. The second kappa shape index (κ2) is 10.9. The smallest absolute Gasteiger partial charge is 0.294 e. The van der Waals surface area contributed by atoms with Crippen molar-refractivity contribution in [2.75, 3.05) is 19.0 Å². The first kappa shape index (κ1) is 24.0. The largest absolute Gasteiger partial charge is 0.493 e. The minimum atomic E-state index is -0.572. The zero-order valence-corrected chi connectivity index (χ0v) is 19.5. The first-order valence-electron chi connectivity index (χ1n) is 10.6. The van der Waals surface area contributed by atoms with Gasteiger partial charge >= 0.3 is 0 Å². The van der Waals surface area contributed by atoms with E-state index in [0.29, 0.717) is 29.4 Å². The van der Waals surface area contributed by atoms with Crippen molar-refractivity contribution in [3.63, 3.8) is 0 Å². The number of thioether (sulfide) groups is 1. The molecule has 1 heterocycles. The summed E-state index contributed by atoms with van der Waals surface area (Å²) in [7, 11) is 1.52. The van der Waals surface area contributed by atoms with E-state index in [2.05, 4.69) is 5.32 Å². The Morgan fingerprint density at radius 2 is 1.77 bits per heavy atom. The molecule has 0 unspecified atom stereocenters. The molecule has 0 aliphatic carbocycles. The number of nitrogens with zero attached hydrogens (tertiary/aromatic N) is 1. The molecule has 1 saturated heterocycles. The first-order valence-corrected chi connectivity index (χ1v) is 11.4. The molecule has 1 aliphatic rings. The summed E-state index contributed by atoms with van der Waals surface area (Å²) in [6.45, 7) is -0.0790. The highest BCUT2D eigenvalue weighted by molar-refractivity contribution is 8.18. The Hall–Kier alpha value is -4.11. The van der Waals surface area contributed by atoms with Gasteiger partial charge in [-0.3, -0.25) is 19.3 Å². The molecule has 1 N–H and O–H groups in total. The quantitative estimate of drug-likeness (QED) is 0.441. The van der Waals surface area contributed by atoms with E-state index in [1.807, 2.05) is 30.3 Å². The number of nitrogens with one attached hydrogen (secondary N) is 1. The molecule has 0 bridgehead atoms. The molecule has 3 aromatic carbocycles. The lowest BCUT2D eigenvalue weighted by atomic mass is 10.1. The van der Waals surface area contributed by atoms with Gasteiger partial charge in [0.15, 0.2) is 11.5 Å². The summed E-state index contributed by atoms with van der Waals surface area (Å²) in [5.74, 6) is -0.558. The number of ether oxygens (including phenoxy) is 2. The predicted octanol–water partition coefficient (Wildman–Crippen LogP) is 5.09. The number of hydrogen-bond donors (Lipinski definition) is 1. The summed E-state index contributed by atoms with van der Waals surface area (Å²) in [6.07, 6.45) is 1.56. The normalized spacial score (nSPS) is 14.3. The third kappa shape index (κ3) is 6.07. The maximum atomic E-state index is 13.0. The van der Waals surface area contributed by atoms with Crippen LogP contribution in [0.3, 0.4) is 0 Å². The van der Waals surface area contributed by atoms with Gasteiger partial charge < -0.3 is 14.8 Å². The van der Waals surface area contributed by atoms with Crippen LogP contribution >= 0.6 is 11.8 Å². The van der Waals surface area contributed by atoms with Crippen LogP contribution in [0.15, 0.2) is 77.7 Å². The van der Waals surface area contributed by atoms with Crippen molar-refractivity contribution in [1.82, 2.24) is 4.90 Å². The zero-order valence-electron chi connectivity index (χ0n) is 18.7. The minimum Gasteiger partial charge on any atom is -0.493 e. The summed E-state index contributed by atoms with van der Waals surface area (Å²) < 4.78 is 24.3. The third-order valence-corrected chi connectivity index (χ3v) is 5.93. The minimum absolute atomic E-state index is 0.185. The number of anilines is 1. The Bertz CT molecular complexity index is 1280. The number of benzene rings is 3. The lowest BCUT2D eigenvalue weighted by Gasteiger charge is -2.12. The fourth-order valence-electron chi connectivity index (χ4n) is 3.29. The molecule has 7 nitrogen and oxygen atoms in total. The SMILES string of the molecule is COc1cc(/C=C2\SC(=O)N(CC(=O)Nc3ccc(F)cc3)C2=O)ccc1OCc1ccccc1. The molecule has 9 heteroatoms. The van der Waals surface area contributed by atoms with Crippen LogP contribution in [0, 0.1) is 5.82 Å². The first-order chi connectivity index (χ1) is 16.9. The fraction of sp³-hybridized carbons (Fsp3) is 0.115. The monoisotopic (exact) mass is 492 g/mol. The molecular formula is C26H21FN2O5S. The third-order valence-electron chi connectivity index (χ3n) is 5.03. The van der Waals surface area contributed by atoms with E-state index in [0.717, 1.165) is 22.2 Å². The Morgan fingerprint density at radius 1 is 1.03 bits per heavy atom. The number of imide groups is 1. The second-order valence-corrected chi connectivity index (χ2v) is 8.50. The van der Waals surface area contributed by atoms with Crippen LogP contribution in [0.4, 0.5) is 14.9 Å². The summed E-state index contributed by atoms with van der Waals surface area (Å²) in [5, 5.41) is 1.99. The van der Waals surface area contributed by atoms with Crippen LogP contribution in [-0.2, 0) is 16.2 Å². The van der Waals surface area contributed by atoms with Crippen LogP contribution in [-0.4, -0.2) is 35.6 Å². The number of methoxy groups -OCH3 is 1. The van der Waals surface area contributed by atoms with E-state index in [1.165, 1.54) is 31.4 Å². The summed E-state index contributed by atoms with van der Waals surface area (Å²) >= 11 is 0.749. The van der Waals surface area contributed by atoms with E-state index in [1.54, 1.807) is 24.3 Å². The maximum absolute atomic E-state index is 13.0. The van der Waals surface area contributed by atoms with Gasteiger partial charge in [-0.05, 0) is 65.4 Å². The summed E-state index contributed by atoms with van der Waals surface area (Å²) in [6, 6.07) is 20.1. The highest BCUT2D eigenvalue weighted by atomic mass is 32.2. The van der Waals surface area contributed by atoms with Gasteiger partial charge in [-0.2, -0.15) is 0 Å². The Balaban J connectivity index is 1.42. The second-order valence-electron chi connectivity index (χ2n) is 7.51. The molecular weight excluding hydrogens is 471 g/mol. The highest BCUT2D eigenvalue weighted by Crippen LogP contribution is 2.34. The standard InChI is InChI=1S/C26H21FN2O5S/c1-33-22-13-18(7-12-21(22)34-16-17-5-3-2-4-6-17)14-23-25(31)29(26(32)35-23)15-24(30)28-20-10-8-19(27)9-11-20/h2-14H,15-16H2,1H3,(H,28,30)/b23-14-. The van der Waals surface area contributed by atoms with Crippen LogP contribution in [0.2, 0.25) is 0 Å². The average Bonchev–Trinajstić information content (AvgIpc) is 3.12. The van der Waals surface area contributed by atoms with Gasteiger partial charge in [-0.1, -0.05) is 36.4 Å². The highest BCUT2D eigenvalue weighted by Gasteiger charge is 2.36. The molecule has 4 rings (SSSR count). The molecule has 3 aromatic rings. The van der Waals surface area contributed by atoms with Gasteiger partial charge in [0, 0.05) is 5.69 Å². The van der Waals surface area contributed by atoms with Crippen molar-refractivity contribution < 1.29 is 28.2 Å². The molecule has 0 aromatic heterocycles. The molecule has 35 heavy (non-hydrogen) atoms. The molecule has 178 valence electrons. The molecule has 1 aliphatic heterocycles. The lowest BCUT2D eigenvalue weighted by Crippen LogP contribution is -2.36. The molecule has 0 atom stereocenters. The zero-order chi connectivity index (χ0) is 24.8. The average molecular weight is 493 g/mol. The van der Waals surface area contributed by atoms with Crippen molar-refractivity contribution in [3.8, 4) is 11.5 Å². The fourth-order valence-corrected chi connectivity index (χ4v) is 4.13. The van der Waals surface area contributed by atoms with Crippen molar-refractivity contribution in [1.29, 1.82) is 0 Å². The number of hydrogen-bond acceptors (Lipinski definition) is 6. The summed E-state index contributed by atoms with van der Waals surface area (Å²) in [5.41, 5.74) is 2.01. The molecule has 0 radical (unpaired) electrons. The van der Waals surface area contributed by atoms with Crippen molar-refractivity contribution >= 4 is 40.6 Å². The van der Waals surface area contributed by atoms with Crippen LogP contribution in [0.1, 0.15) is 11.1 Å². The molecule has 0 spiro atoms. The topological polar surface area (TPSA) is 84.9 Å². The lowest BCUT2D eigenvalue weighted by molar-refractivity contribution is -0.127. The van der Waals surface area contributed by atoms with Crippen LogP contribution in [0.25, 0.3) is 6.08 Å². The van der Waals surface area contributed by atoms with E-state index < -0.39 is 29.4 Å². The van der Waals surface area contributed by atoms with Gasteiger partial charge in [-0.15, -0.1) is 0 Å². The maximum Gasteiger partial charge on any atom is 0.294 e. The van der Waals surface area contributed by atoms with E-state index in [4.69, 9.17) is 9.47 Å². The van der Waals surface area contributed by atoms with Crippen molar-refractivity contribution in [3.05, 3.63) is 94.6 Å². The number of halogens is 1. The van der Waals surface area contributed by atoms with Gasteiger partial charge in [0.2, 0.25) is 5.91 Å². The van der Waals surface area contributed by atoms with Gasteiger partial charge in [0.05, 0.1) is 12.0 Å². The Morgan fingerprint density at radius 3 is 2.49 bits per heavy atom. The number of amides is 3. The summed E-state index contributed by atoms with van der Waals surface area (Å²) in [4.78, 5) is 38.5. The van der Waals surface area contributed by atoms with Crippen LogP contribution < -0.4 is 14.8 Å². The van der Waals surface area contributed by atoms with Gasteiger partial charge in [0.25, 0.3) is 11.1 Å². The Labute approximate surface area is 205 Å². The van der Waals surface area contributed by atoms with E-state index >= 15 is 0 Å². The van der Waals surface area contributed by atoms with Crippen molar-refractivity contribution in [2.24, 2.45) is 0 Å². The molecule has 3 amide bonds. The van der Waals surface area contributed by atoms with Crippen molar-refractivity contribution in [2.45, 2.75) is 6.61 Å². The number of carbonyl (C=O) groups is 3. The molecule has 1 fully saturated rings. The number of carbonyl (C=O) groups excluding carboxylic acids is 3.